The smallest absolute Gasteiger partial charge is 0.164 e. The van der Waals surface area contributed by atoms with Crippen LogP contribution in [-0.4, -0.2) is 15.0 Å². The summed E-state index contributed by atoms with van der Waals surface area (Å²) in [6.07, 6.45) is 0. The fraction of sp³-hybridized carbons (Fsp3) is 0.0833. The van der Waals surface area contributed by atoms with Gasteiger partial charge in [-0.05, 0) is 40.5 Å². The van der Waals surface area contributed by atoms with Gasteiger partial charge in [-0.2, -0.15) is 0 Å². The van der Waals surface area contributed by atoms with Gasteiger partial charge >= 0.3 is 0 Å². The molecule has 1 aliphatic carbocycles. The molecule has 0 N–H and O–H groups in total. The minimum atomic E-state index is -0.182. The zero-order valence-electron chi connectivity index (χ0n) is 22.2. The predicted octanol–water partition coefficient (Wildman–Crippen LogP) is 9.08. The number of furan rings is 1. The quantitative estimate of drug-likeness (QED) is 0.235. The van der Waals surface area contributed by atoms with Crippen molar-refractivity contribution in [2.75, 3.05) is 0 Å². The van der Waals surface area contributed by atoms with Crippen LogP contribution < -0.4 is 0 Å². The Kier molecular flexibility index (Phi) is 4.83. The van der Waals surface area contributed by atoms with E-state index >= 15 is 0 Å². The van der Waals surface area contributed by atoms with Crippen LogP contribution in [0.25, 0.3) is 67.2 Å². The topological polar surface area (TPSA) is 51.8 Å². The molecule has 1 aliphatic rings. The highest BCUT2D eigenvalue weighted by Gasteiger charge is 2.38. The van der Waals surface area contributed by atoms with Gasteiger partial charge in [0.15, 0.2) is 17.5 Å². The number of rotatable bonds is 3. The van der Waals surface area contributed by atoms with Crippen molar-refractivity contribution in [2.45, 2.75) is 19.3 Å². The standard InChI is InChI=1S/C36H25N3O/c1-36(2)28-19-17-24(21-27(28)25-18-20-30-31(32(25)36)26-15-9-10-16-29(26)40-30)35-38-33(22-11-5-3-6-12-22)37-34(39-35)23-13-7-4-8-14-23/h3-21H,1-2H3. The van der Waals surface area contributed by atoms with E-state index in [-0.39, 0.29) is 5.41 Å². The zero-order valence-corrected chi connectivity index (χ0v) is 22.2. The van der Waals surface area contributed by atoms with Crippen LogP contribution in [0.15, 0.2) is 120 Å². The minimum Gasteiger partial charge on any atom is -0.456 e. The zero-order chi connectivity index (χ0) is 26.8. The van der Waals surface area contributed by atoms with Crippen molar-refractivity contribution in [3.8, 4) is 45.3 Å². The summed E-state index contributed by atoms with van der Waals surface area (Å²) in [5.41, 5.74) is 9.63. The number of hydrogen-bond donors (Lipinski definition) is 0. The summed E-state index contributed by atoms with van der Waals surface area (Å²) in [5, 5.41) is 2.36. The van der Waals surface area contributed by atoms with E-state index < -0.39 is 0 Å². The molecule has 0 aliphatic heterocycles. The maximum absolute atomic E-state index is 6.25. The first-order valence-electron chi connectivity index (χ1n) is 13.5. The molecule has 40 heavy (non-hydrogen) atoms. The highest BCUT2D eigenvalue weighted by molar-refractivity contribution is 6.11. The Bertz CT molecular complexity index is 2020. The minimum absolute atomic E-state index is 0.182. The molecule has 0 radical (unpaired) electrons. The van der Waals surface area contributed by atoms with E-state index in [2.05, 4.69) is 56.3 Å². The fourth-order valence-corrected chi connectivity index (χ4v) is 6.21. The first-order valence-corrected chi connectivity index (χ1v) is 13.5. The molecule has 0 saturated carbocycles. The molecule has 190 valence electrons. The van der Waals surface area contributed by atoms with E-state index in [1.54, 1.807) is 0 Å². The molecule has 7 aromatic rings. The summed E-state index contributed by atoms with van der Waals surface area (Å²) in [6.45, 7) is 4.62. The van der Waals surface area contributed by atoms with Gasteiger partial charge in [-0.15, -0.1) is 0 Å². The van der Waals surface area contributed by atoms with Crippen LogP contribution in [0.2, 0.25) is 0 Å². The van der Waals surface area contributed by atoms with Gasteiger partial charge in [-0.25, -0.2) is 15.0 Å². The highest BCUT2D eigenvalue weighted by atomic mass is 16.3. The van der Waals surface area contributed by atoms with Crippen molar-refractivity contribution in [3.05, 3.63) is 126 Å². The van der Waals surface area contributed by atoms with Crippen LogP contribution in [0.1, 0.15) is 25.0 Å². The summed E-state index contributed by atoms with van der Waals surface area (Å²) in [7, 11) is 0. The first kappa shape index (κ1) is 22.9. The summed E-state index contributed by atoms with van der Waals surface area (Å²) in [4.78, 5) is 14.8. The van der Waals surface area contributed by atoms with Gasteiger partial charge < -0.3 is 4.42 Å². The van der Waals surface area contributed by atoms with E-state index in [1.807, 2.05) is 72.8 Å². The molecule has 0 amide bonds. The van der Waals surface area contributed by atoms with E-state index in [9.17, 15) is 0 Å². The van der Waals surface area contributed by atoms with Gasteiger partial charge in [-0.3, -0.25) is 0 Å². The second-order valence-electron chi connectivity index (χ2n) is 10.9. The lowest BCUT2D eigenvalue weighted by atomic mass is 9.80. The SMILES string of the molecule is CC1(C)c2ccc(-c3nc(-c4ccccc4)nc(-c4ccccc4)n3)cc2-c2ccc3oc4ccccc4c3c21. The lowest BCUT2D eigenvalue weighted by Gasteiger charge is -2.22. The van der Waals surface area contributed by atoms with Gasteiger partial charge in [0.05, 0.1) is 0 Å². The third-order valence-corrected chi connectivity index (χ3v) is 8.11. The second kappa shape index (κ2) is 8.45. The Hall–Kier alpha value is -5.09. The predicted molar refractivity (Wildman–Crippen MR) is 161 cm³/mol. The van der Waals surface area contributed by atoms with Gasteiger partial charge in [0.2, 0.25) is 0 Å². The Balaban J connectivity index is 1.35. The van der Waals surface area contributed by atoms with Crippen LogP contribution in [0.5, 0.6) is 0 Å². The highest BCUT2D eigenvalue weighted by Crippen LogP contribution is 2.53. The Morgan fingerprint density at radius 3 is 1.80 bits per heavy atom. The number of aromatic nitrogens is 3. The number of benzene rings is 5. The maximum atomic E-state index is 6.25. The summed E-state index contributed by atoms with van der Waals surface area (Å²) >= 11 is 0. The summed E-state index contributed by atoms with van der Waals surface area (Å²) in [5.74, 6) is 1.99. The third-order valence-electron chi connectivity index (χ3n) is 8.11. The van der Waals surface area contributed by atoms with E-state index in [1.165, 1.54) is 27.6 Å². The number of fused-ring (bicyclic) bond motifs is 7. The monoisotopic (exact) mass is 515 g/mol. The Labute approximate surface area is 232 Å². The van der Waals surface area contributed by atoms with Gasteiger partial charge in [-0.1, -0.05) is 111 Å². The van der Waals surface area contributed by atoms with Gasteiger partial charge in [0, 0.05) is 32.9 Å². The number of hydrogen-bond acceptors (Lipinski definition) is 4. The average molecular weight is 516 g/mol. The van der Waals surface area contributed by atoms with Crippen molar-refractivity contribution in [2.24, 2.45) is 0 Å². The van der Waals surface area contributed by atoms with E-state index in [0.717, 1.165) is 33.2 Å². The van der Waals surface area contributed by atoms with Crippen LogP contribution in [0, 0.1) is 0 Å². The molecule has 0 atom stereocenters. The van der Waals surface area contributed by atoms with Gasteiger partial charge in [0.1, 0.15) is 11.2 Å². The molecule has 0 bridgehead atoms. The van der Waals surface area contributed by atoms with E-state index in [0.29, 0.717) is 17.5 Å². The third kappa shape index (κ3) is 3.36. The van der Waals surface area contributed by atoms with E-state index in [4.69, 9.17) is 19.4 Å². The molecule has 0 unspecified atom stereocenters. The Morgan fingerprint density at radius 1 is 0.525 bits per heavy atom. The van der Waals surface area contributed by atoms with Crippen molar-refractivity contribution < 1.29 is 4.42 Å². The van der Waals surface area contributed by atoms with Gasteiger partial charge in [0.25, 0.3) is 0 Å². The largest absolute Gasteiger partial charge is 0.456 e. The summed E-state index contributed by atoms with van der Waals surface area (Å²) < 4.78 is 6.25. The number of para-hydroxylation sites is 1. The lowest BCUT2D eigenvalue weighted by Crippen LogP contribution is -2.15. The molecular formula is C36H25N3O. The lowest BCUT2D eigenvalue weighted by molar-refractivity contribution is 0.657. The Morgan fingerprint density at radius 2 is 1.12 bits per heavy atom. The van der Waals surface area contributed by atoms with Crippen LogP contribution in [0.4, 0.5) is 0 Å². The van der Waals surface area contributed by atoms with Crippen LogP contribution in [0.3, 0.4) is 0 Å². The molecule has 0 saturated heterocycles. The molecule has 2 aromatic heterocycles. The van der Waals surface area contributed by atoms with Crippen LogP contribution >= 0.6 is 0 Å². The van der Waals surface area contributed by atoms with Crippen molar-refractivity contribution in [3.63, 3.8) is 0 Å². The second-order valence-corrected chi connectivity index (χ2v) is 10.9. The normalized spacial score (nSPS) is 13.4. The van der Waals surface area contributed by atoms with Crippen molar-refractivity contribution >= 4 is 21.9 Å². The molecule has 0 spiro atoms. The summed E-state index contributed by atoms with van der Waals surface area (Å²) in [6, 6.07) is 39.5. The molecule has 4 heteroatoms. The molecule has 8 rings (SSSR count). The number of nitrogens with zero attached hydrogens (tertiary/aromatic N) is 3. The molecule has 0 fully saturated rings. The van der Waals surface area contributed by atoms with Crippen LogP contribution in [-0.2, 0) is 5.41 Å². The average Bonchev–Trinajstić information content (AvgIpc) is 3.49. The molecule has 4 nitrogen and oxygen atoms in total. The van der Waals surface area contributed by atoms with Crippen molar-refractivity contribution in [1.82, 2.24) is 15.0 Å². The van der Waals surface area contributed by atoms with Crippen molar-refractivity contribution in [1.29, 1.82) is 0 Å². The first-order chi connectivity index (χ1) is 19.6. The molecular weight excluding hydrogens is 490 g/mol. The fourth-order valence-electron chi connectivity index (χ4n) is 6.21. The molecule has 2 heterocycles. The molecule has 5 aromatic carbocycles. The maximum Gasteiger partial charge on any atom is 0.164 e.